The average Bonchev–Trinajstić information content (AvgIpc) is 2.70. The standard InChI is InChI=1S/C22H21NO2/c1-24-21-12-8-18(9-13-21)16-17-23(19-6-4-3-5-7-19)20-10-14-22(25-2)15-11-20/h3-17H,1-2H3. The van der Waals surface area contributed by atoms with Crippen LogP contribution in [0.3, 0.4) is 0 Å². The number of methoxy groups -OCH3 is 2. The Labute approximate surface area is 148 Å². The topological polar surface area (TPSA) is 21.7 Å². The van der Waals surface area contributed by atoms with Crippen LogP contribution >= 0.6 is 0 Å². The second kappa shape index (κ2) is 8.06. The van der Waals surface area contributed by atoms with Crippen molar-refractivity contribution < 1.29 is 9.47 Å². The molecule has 0 N–H and O–H groups in total. The van der Waals surface area contributed by atoms with Crippen LogP contribution < -0.4 is 14.4 Å². The smallest absolute Gasteiger partial charge is 0.119 e. The molecular formula is C22H21NO2. The van der Waals surface area contributed by atoms with Crippen LogP contribution in [0.15, 0.2) is 85.1 Å². The summed E-state index contributed by atoms with van der Waals surface area (Å²) < 4.78 is 10.5. The first-order valence-corrected chi connectivity index (χ1v) is 8.11. The lowest BCUT2D eigenvalue weighted by atomic mass is 10.2. The van der Waals surface area contributed by atoms with Crippen LogP contribution in [0.5, 0.6) is 11.5 Å². The molecule has 0 atom stereocenters. The Kier molecular flexibility index (Phi) is 5.37. The predicted octanol–water partition coefficient (Wildman–Crippen LogP) is 5.51. The Bertz CT molecular complexity index is 809. The molecule has 3 rings (SSSR count). The number of rotatable bonds is 6. The summed E-state index contributed by atoms with van der Waals surface area (Å²) in [5.41, 5.74) is 3.27. The first kappa shape index (κ1) is 16.7. The van der Waals surface area contributed by atoms with E-state index in [4.69, 9.17) is 9.47 Å². The van der Waals surface area contributed by atoms with Crippen LogP contribution in [0.1, 0.15) is 5.56 Å². The van der Waals surface area contributed by atoms with E-state index in [1.807, 2.05) is 66.7 Å². The highest BCUT2D eigenvalue weighted by Gasteiger charge is 2.06. The minimum absolute atomic E-state index is 0.843. The highest BCUT2D eigenvalue weighted by molar-refractivity contribution is 5.69. The summed E-state index contributed by atoms with van der Waals surface area (Å²) in [5.74, 6) is 1.70. The molecule has 25 heavy (non-hydrogen) atoms. The van der Waals surface area contributed by atoms with Crippen LogP contribution in [0.4, 0.5) is 11.4 Å². The molecule has 0 fully saturated rings. The number of nitrogens with zero attached hydrogens (tertiary/aromatic N) is 1. The second-order valence-corrected chi connectivity index (χ2v) is 5.49. The van der Waals surface area contributed by atoms with E-state index in [0.29, 0.717) is 0 Å². The summed E-state index contributed by atoms with van der Waals surface area (Å²) in [5, 5.41) is 0. The van der Waals surface area contributed by atoms with Crippen molar-refractivity contribution in [3.63, 3.8) is 0 Å². The van der Waals surface area contributed by atoms with Crippen molar-refractivity contribution in [2.75, 3.05) is 19.1 Å². The molecular weight excluding hydrogens is 310 g/mol. The molecule has 0 amide bonds. The number of hydrogen-bond donors (Lipinski definition) is 0. The highest BCUT2D eigenvalue weighted by Crippen LogP contribution is 2.28. The van der Waals surface area contributed by atoms with Gasteiger partial charge in [-0.2, -0.15) is 0 Å². The molecule has 126 valence electrons. The lowest BCUT2D eigenvalue weighted by Crippen LogP contribution is -2.07. The molecule has 0 aromatic heterocycles. The van der Waals surface area contributed by atoms with Gasteiger partial charge in [0.05, 0.1) is 14.2 Å². The summed E-state index contributed by atoms with van der Waals surface area (Å²) in [7, 11) is 3.35. The van der Waals surface area contributed by atoms with Crippen molar-refractivity contribution in [2.24, 2.45) is 0 Å². The zero-order chi connectivity index (χ0) is 17.5. The number of hydrogen-bond acceptors (Lipinski definition) is 3. The van der Waals surface area contributed by atoms with E-state index in [9.17, 15) is 0 Å². The summed E-state index contributed by atoms with van der Waals surface area (Å²) in [6.45, 7) is 0. The Balaban J connectivity index is 1.91. The van der Waals surface area contributed by atoms with E-state index >= 15 is 0 Å². The van der Waals surface area contributed by atoms with Gasteiger partial charge in [-0.25, -0.2) is 0 Å². The molecule has 3 heteroatoms. The zero-order valence-corrected chi connectivity index (χ0v) is 14.4. The van der Waals surface area contributed by atoms with Gasteiger partial charge < -0.3 is 14.4 Å². The fourth-order valence-corrected chi connectivity index (χ4v) is 2.53. The van der Waals surface area contributed by atoms with Crippen LogP contribution in [0.2, 0.25) is 0 Å². The molecule has 0 saturated carbocycles. The van der Waals surface area contributed by atoms with Crippen LogP contribution in [-0.2, 0) is 0 Å². The van der Waals surface area contributed by atoms with Crippen molar-refractivity contribution in [2.45, 2.75) is 0 Å². The van der Waals surface area contributed by atoms with Gasteiger partial charge in [-0.15, -0.1) is 0 Å². The zero-order valence-electron chi connectivity index (χ0n) is 14.4. The maximum absolute atomic E-state index is 5.26. The normalized spacial score (nSPS) is 10.6. The first-order valence-electron chi connectivity index (χ1n) is 8.11. The van der Waals surface area contributed by atoms with E-state index < -0.39 is 0 Å². The number of para-hydroxylation sites is 1. The Hall–Kier alpha value is -3.20. The molecule has 3 aromatic carbocycles. The number of anilines is 2. The van der Waals surface area contributed by atoms with Crippen molar-refractivity contribution in [1.29, 1.82) is 0 Å². The van der Waals surface area contributed by atoms with Crippen LogP contribution in [-0.4, -0.2) is 14.2 Å². The molecule has 0 aliphatic carbocycles. The quantitative estimate of drug-likeness (QED) is 0.594. The van der Waals surface area contributed by atoms with E-state index in [2.05, 4.69) is 29.3 Å². The van der Waals surface area contributed by atoms with Gasteiger partial charge in [0.1, 0.15) is 11.5 Å². The maximum atomic E-state index is 5.26. The minimum atomic E-state index is 0.843. The van der Waals surface area contributed by atoms with Gasteiger partial charge in [0.15, 0.2) is 0 Å². The molecule has 3 nitrogen and oxygen atoms in total. The fraction of sp³-hybridized carbons (Fsp3) is 0.0909. The average molecular weight is 331 g/mol. The summed E-state index contributed by atoms with van der Waals surface area (Å²) in [4.78, 5) is 2.14. The Morgan fingerprint density at radius 3 is 1.72 bits per heavy atom. The Morgan fingerprint density at radius 2 is 1.16 bits per heavy atom. The van der Waals surface area contributed by atoms with E-state index in [0.717, 1.165) is 28.4 Å². The lowest BCUT2D eigenvalue weighted by Gasteiger charge is -2.21. The van der Waals surface area contributed by atoms with Crippen molar-refractivity contribution >= 4 is 17.5 Å². The summed E-state index contributed by atoms with van der Waals surface area (Å²) in [6.07, 6.45) is 4.15. The van der Waals surface area contributed by atoms with Gasteiger partial charge in [-0.3, -0.25) is 0 Å². The minimum Gasteiger partial charge on any atom is -0.497 e. The number of ether oxygens (including phenoxy) is 2. The van der Waals surface area contributed by atoms with Crippen LogP contribution in [0, 0.1) is 0 Å². The summed E-state index contributed by atoms with van der Waals surface area (Å²) >= 11 is 0. The maximum Gasteiger partial charge on any atom is 0.119 e. The molecule has 0 aliphatic rings. The van der Waals surface area contributed by atoms with Crippen molar-refractivity contribution in [1.82, 2.24) is 0 Å². The Morgan fingerprint density at radius 1 is 0.640 bits per heavy atom. The van der Waals surface area contributed by atoms with Gasteiger partial charge in [0.25, 0.3) is 0 Å². The van der Waals surface area contributed by atoms with Gasteiger partial charge in [0.2, 0.25) is 0 Å². The molecule has 0 heterocycles. The van der Waals surface area contributed by atoms with E-state index in [1.54, 1.807) is 14.2 Å². The first-order chi connectivity index (χ1) is 12.3. The molecule has 0 unspecified atom stereocenters. The van der Waals surface area contributed by atoms with E-state index in [1.165, 1.54) is 0 Å². The largest absolute Gasteiger partial charge is 0.497 e. The second-order valence-electron chi connectivity index (χ2n) is 5.49. The van der Waals surface area contributed by atoms with Crippen molar-refractivity contribution in [3.05, 3.63) is 90.6 Å². The lowest BCUT2D eigenvalue weighted by molar-refractivity contribution is 0.414. The van der Waals surface area contributed by atoms with Gasteiger partial charge in [-0.05, 0) is 60.2 Å². The van der Waals surface area contributed by atoms with Gasteiger partial charge in [0, 0.05) is 17.6 Å². The third-order valence-electron chi connectivity index (χ3n) is 3.92. The molecule has 0 bridgehead atoms. The van der Waals surface area contributed by atoms with Gasteiger partial charge >= 0.3 is 0 Å². The van der Waals surface area contributed by atoms with Crippen LogP contribution in [0.25, 0.3) is 6.08 Å². The van der Waals surface area contributed by atoms with Gasteiger partial charge in [-0.1, -0.05) is 30.3 Å². The third kappa shape index (κ3) is 4.21. The molecule has 0 saturated heterocycles. The predicted molar refractivity (Wildman–Crippen MR) is 104 cm³/mol. The molecule has 3 aromatic rings. The molecule has 0 radical (unpaired) electrons. The summed E-state index contributed by atoms with van der Waals surface area (Å²) in [6, 6.07) is 26.3. The van der Waals surface area contributed by atoms with Crippen molar-refractivity contribution in [3.8, 4) is 11.5 Å². The monoisotopic (exact) mass is 331 g/mol. The molecule has 0 aliphatic heterocycles. The fourth-order valence-electron chi connectivity index (χ4n) is 2.53. The highest BCUT2D eigenvalue weighted by atomic mass is 16.5. The number of benzene rings is 3. The molecule has 0 spiro atoms. The SMILES string of the molecule is COc1ccc(C=CN(c2ccccc2)c2ccc(OC)cc2)cc1. The third-order valence-corrected chi connectivity index (χ3v) is 3.92. The van der Waals surface area contributed by atoms with E-state index in [-0.39, 0.29) is 0 Å².